The molecule has 3 aromatic rings. The minimum absolute atomic E-state index is 0.192. The molecule has 0 bridgehead atoms. The fourth-order valence-electron chi connectivity index (χ4n) is 2.94. The number of amides is 2. The molecule has 3 rings (SSSR count). The number of hydrazine groups is 1. The highest BCUT2D eigenvalue weighted by molar-refractivity contribution is 6.15. The molecule has 0 fully saturated rings. The molecule has 3 aromatic carbocycles. The van der Waals surface area contributed by atoms with Crippen LogP contribution in [0.2, 0.25) is 0 Å². The van der Waals surface area contributed by atoms with E-state index in [0.717, 1.165) is 11.1 Å². The number of hydrogen-bond acceptors (Lipinski definition) is 3. The maximum atomic E-state index is 12.7. The molecule has 2 amide bonds. The highest BCUT2D eigenvalue weighted by Crippen LogP contribution is 2.15. The highest BCUT2D eigenvalue weighted by Gasteiger charge is 2.18. The topological polar surface area (TPSA) is 75.3 Å². The molecule has 0 atom stereocenters. The van der Waals surface area contributed by atoms with Crippen LogP contribution in [0.15, 0.2) is 72.8 Å². The molecule has 140 valence electrons. The quantitative estimate of drug-likeness (QED) is 0.543. The molecule has 0 aromatic heterocycles. The normalized spacial score (nSPS) is 10.2. The number of nitrogens with one attached hydrogen (secondary N) is 2. The number of ketones is 1. The van der Waals surface area contributed by atoms with Gasteiger partial charge in [0.1, 0.15) is 0 Å². The van der Waals surface area contributed by atoms with Crippen molar-refractivity contribution in [2.45, 2.75) is 13.8 Å². The summed E-state index contributed by atoms with van der Waals surface area (Å²) in [5.74, 6) is -1.23. The van der Waals surface area contributed by atoms with Crippen LogP contribution in [0.5, 0.6) is 0 Å². The first-order valence-corrected chi connectivity index (χ1v) is 8.84. The fourth-order valence-corrected chi connectivity index (χ4v) is 2.94. The van der Waals surface area contributed by atoms with Gasteiger partial charge in [0, 0.05) is 16.7 Å². The van der Waals surface area contributed by atoms with E-state index in [2.05, 4.69) is 10.9 Å². The Morgan fingerprint density at radius 2 is 1.21 bits per heavy atom. The first-order valence-electron chi connectivity index (χ1n) is 8.84. The van der Waals surface area contributed by atoms with E-state index in [0.29, 0.717) is 11.1 Å². The smallest absolute Gasteiger partial charge is 0.270 e. The third-order valence-corrected chi connectivity index (χ3v) is 4.37. The van der Waals surface area contributed by atoms with Gasteiger partial charge in [-0.3, -0.25) is 25.2 Å². The van der Waals surface area contributed by atoms with Crippen molar-refractivity contribution in [2.75, 3.05) is 0 Å². The summed E-state index contributed by atoms with van der Waals surface area (Å²) in [5, 5.41) is 0. The molecule has 2 N–H and O–H groups in total. The molecule has 0 saturated heterocycles. The molecule has 0 saturated carbocycles. The van der Waals surface area contributed by atoms with Crippen LogP contribution in [-0.4, -0.2) is 17.6 Å². The zero-order valence-corrected chi connectivity index (χ0v) is 15.7. The van der Waals surface area contributed by atoms with Crippen LogP contribution in [0.3, 0.4) is 0 Å². The van der Waals surface area contributed by atoms with E-state index in [4.69, 9.17) is 0 Å². The average molecular weight is 372 g/mol. The van der Waals surface area contributed by atoms with E-state index >= 15 is 0 Å². The van der Waals surface area contributed by atoms with E-state index in [-0.39, 0.29) is 16.9 Å². The van der Waals surface area contributed by atoms with Crippen LogP contribution in [0.4, 0.5) is 0 Å². The van der Waals surface area contributed by atoms with Gasteiger partial charge < -0.3 is 0 Å². The molecule has 0 spiro atoms. The van der Waals surface area contributed by atoms with E-state index < -0.39 is 11.8 Å². The van der Waals surface area contributed by atoms with Crippen LogP contribution in [0, 0.1) is 13.8 Å². The van der Waals surface area contributed by atoms with E-state index in [1.165, 1.54) is 0 Å². The first-order chi connectivity index (χ1) is 13.5. The SMILES string of the molecule is Cc1ccc(C(=O)NNC(=O)c2ccccc2C(=O)c2ccccc2)c(C)c1. The summed E-state index contributed by atoms with van der Waals surface area (Å²) in [5.41, 5.74) is 8.09. The number of hydrogen-bond donors (Lipinski definition) is 2. The predicted octanol–water partition coefficient (Wildman–Crippen LogP) is 3.61. The van der Waals surface area contributed by atoms with Crippen molar-refractivity contribution in [3.05, 3.63) is 106 Å². The molecular formula is C23H20N2O3. The second-order valence-corrected chi connectivity index (χ2v) is 6.47. The zero-order valence-electron chi connectivity index (χ0n) is 15.7. The molecule has 5 nitrogen and oxygen atoms in total. The molecule has 0 aliphatic heterocycles. The van der Waals surface area contributed by atoms with E-state index in [1.807, 2.05) is 32.0 Å². The largest absolute Gasteiger partial charge is 0.289 e. The van der Waals surface area contributed by atoms with Gasteiger partial charge in [0.15, 0.2) is 5.78 Å². The zero-order chi connectivity index (χ0) is 20.1. The molecule has 0 heterocycles. The second-order valence-electron chi connectivity index (χ2n) is 6.47. The number of rotatable bonds is 4. The Labute approximate surface area is 163 Å². The molecule has 28 heavy (non-hydrogen) atoms. The van der Waals surface area contributed by atoms with Gasteiger partial charge in [0.2, 0.25) is 0 Å². The summed E-state index contributed by atoms with van der Waals surface area (Å²) in [7, 11) is 0. The van der Waals surface area contributed by atoms with Crippen molar-refractivity contribution in [1.82, 2.24) is 10.9 Å². The number of benzene rings is 3. The summed E-state index contributed by atoms with van der Waals surface area (Å²) >= 11 is 0. The van der Waals surface area contributed by atoms with Crippen molar-refractivity contribution in [3.63, 3.8) is 0 Å². The summed E-state index contributed by atoms with van der Waals surface area (Å²) in [6, 6.07) is 20.7. The average Bonchev–Trinajstić information content (AvgIpc) is 2.72. The van der Waals surface area contributed by atoms with Crippen LogP contribution in [0.25, 0.3) is 0 Å². The summed E-state index contributed by atoms with van der Waals surface area (Å²) in [4.78, 5) is 37.7. The molecule has 0 unspecified atom stereocenters. The Morgan fingerprint density at radius 1 is 0.643 bits per heavy atom. The van der Waals surface area contributed by atoms with E-state index in [1.54, 1.807) is 54.6 Å². The Hall–Kier alpha value is -3.73. The highest BCUT2D eigenvalue weighted by atomic mass is 16.2. The third kappa shape index (κ3) is 4.15. The van der Waals surface area contributed by atoms with Crippen molar-refractivity contribution in [1.29, 1.82) is 0 Å². The van der Waals surface area contributed by atoms with Crippen molar-refractivity contribution in [3.8, 4) is 0 Å². The molecule has 0 aliphatic rings. The summed E-state index contributed by atoms with van der Waals surface area (Å²) < 4.78 is 0. The minimum Gasteiger partial charge on any atom is -0.289 e. The maximum Gasteiger partial charge on any atom is 0.270 e. The van der Waals surface area contributed by atoms with Gasteiger partial charge >= 0.3 is 0 Å². The lowest BCUT2D eigenvalue weighted by atomic mass is 9.98. The summed E-state index contributed by atoms with van der Waals surface area (Å²) in [6.07, 6.45) is 0. The lowest BCUT2D eigenvalue weighted by Gasteiger charge is -2.12. The number of carbonyl (C=O) groups is 3. The Bertz CT molecular complexity index is 1040. The van der Waals surface area contributed by atoms with Crippen LogP contribution < -0.4 is 10.9 Å². The third-order valence-electron chi connectivity index (χ3n) is 4.37. The maximum absolute atomic E-state index is 12.7. The molecule has 5 heteroatoms. The molecule has 0 radical (unpaired) electrons. The van der Waals surface area contributed by atoms with Crippen molar-refractivity contribution >= 4 is 17.6 Å². The van der Waals surface area contributed by atoms with Crippen LogP contribution >= 0.6 is 0 Å². The lowest BCUT2D eigenvalue weighted by molar-refractivity contribution is 0.0844. The van der Waals surface area contributed by atoms with Gasteiger partial charge in [-0.1, -0.05) is 66.2 Å². The second kappa shape index (κ2) is 8.31. The lowest BCUT2D eigenvalue weighted by Crippen LogP contribution is -2.42. The molecule has 0 aliphatic carbocycles. The van der Waals surface area contributed by atoms with E-state index in [9.17, 15) is 14.4 Å². The Balaban J connectivity index is 1.76. The van der Waals surface area contributed by atoms with Gasteiger partial charge in [-0.15, -0.1) is 0 Å². The van der Waals surface area contributed by atoms with Gasteiger partial charge in [0.05, 0.1) is 5.56 Å². The number of carbonyl (C=O) groups excluding carboxylic acids is 3. The standard InChI is InChI=1S/C23H20N2O3/c1-15-12-13-18(16(2)14-15)22(27)24-25-23(28)20-11-7-6-10-19(20)21(26)17-8-4-3-5-9-17/h3-14H,1-2H3,(H,24,27)(H,25,28). The van der Waals surface area contributed by atoms with Gasteiger partial charge in [-0.05, 0) is 31.5 Å². The first kappa shape index (κ1) is 19.0. The summed E-state index contributed by atoms with van der Waals surface area (Å²) in [6.45, 7) is 3.77. The monoisotopic (exact) mass is 372 g/mol. The van der Waals surface area contributed by atoms with Crippen LogP contribution in [-0.2, 0) is 0 Å². The van der Waals surface area contributed by atoms with Crippen molar-refractivity contribution < 1.29 is 14.4 Å². The van der Waals surface area contributed by atoms with Crippen LogP contribution in [0.1, 0.15) is 47.8 Å². The predicted molar refractivity (Wildman–Crippen MR) is 107 cm³/mol. The Morgan fingerprint density at radius 3 is 1.86 bits per heavy atom. The van der Waals surface area contributed by atoms with Gasteiger partial charge in [-0.25, -0.2) is 0 Å². The Kier molecular flexibility index (Phi) is 5.65. The van der Waals surface area contributed by atoms with Crippen molar-refractivity contribution in [2.24, 2.45) is 0 Å². The minimum atomic E-state index is -0.557. The van der Waals surface area contributed by atoms with Gasteiger partial charge in [0.25, 0.3) is 11.8 Å². The fraction of sp³-hybridized carbons (Fsp3) is 0.0870. The molecular weight excluding hydrogens is 352 g/mol. The van der Waals surface area contributed by atoms with Gasteiger partial charge in [-0.2, -0.15) is 0 Å². The number of aryl methyl sites for hydroxylation is 2.